The molecule has 0 amide bonds. The lowest BCUT2D eigenvalue weighted by Crippen LogP contribution is -2.48. The van der Waals surface area contributed by atoms with Gasteiger partial charge in [-0.1, -0.05) is 6.07 Å². The fourth-order valence-electron chi connectivity index (χ4n) is 1.81. The molecule has 0 unspecified atom stereocenters. The Bertz CT molecular complexity index is 366. The molecule has 0 atom stereocenters. The van der Waals surface area contributed by atoms with Gasteiger partial charge in [0.2, 0.25) is 0 Å². The summed E-state index contributed by atoms with van der Waals surface area (Å²) in [6.07, 6.45) is 0. The van der Waals surface area contributed by atoms with Crippen LogP contribution in [0.15, 0.2) is 18.2 Å². The molecule has 1 aliphatic rings. The molecule has 1 aromatic rings. The van der Waals surface area contributed by atoms with E-state index in [9.17, 15) is 0 Å². The Morgan fingerprint density at radius 1 is 1.06 bits per heavy atom. The fraction of sp³-hybridized carbons (Fsp3) is 0.500. The van der Waals surface area contributed by atoms with Gasteiger partial charge in [-0.3, -0.25) is 0 Å². The van der Waals surface area contributed by atoms with Gasteiger partial charge in [-0.15, -0.1) is 0 Å². The third-order valence-corrected chi connectivity index (χ3v) is 2.97. The minimum atomic E-state index is -0.320. The highest BCUT2D eigenvalue weighted by atomic mass is 16.6. The summed E-state index contributed by atoms with van der Waals surface area (Å²) in [6, 6.07) is 5.80. The van der Waals surface area contributed by atoms with Crippen molar-refractivity contribution in [2.24, 2.45) is 0 Å². The van der Waals surface area contributed by atoms with Crippen molar-refractivity contribution < 1.29 is 18.9 Å². The summed E-state index contributed by atoms with van der Waals surface area (Å²) in [7, 11) is 4.94. The van der Waals surface area contributed by atoms with Gasteiger partial charge in [0.25, 0.3) is 0 Å². The highest BCUT2D eigenvalue weighted by Gasteiger charge is 2.41. The molecule has 4 heteroatoms. The smallest absolute Gasteiger partial charge is 0.161 e. The molecule has 88 valence electrons. The van der Waals surface area contributed by atoms with Crippen LogP contribution in [0.25, 0.3) is 0 Å². The van der Waals surface area contributed by atoms with Crippen molar-refractivity contribution in [2.75, 3.05) is 34.5 Å². The highest BCUT2D eigenvalue weighted by molar-refractivity contribution is 5.45. The molecule has 1 aromatic carbocycles. The minimum Gasteiger partial charge on any atom is -0.493 e. The van der Waals surface area contributed by atoms with Gasteiger partial charge < -0.3 is 18.9 Å². The van der Waals surface area contributed by atoms with Crippen LogP contribution in [0.2, 0.25) is 0 Å². The summed E-state index contributed by atoms with van der Waals surface area (Å²) in [6.45, 7) is 1.16. The number of hydrogen-bond donors (Lipinski definition) is 0. The van der Waals surface area contributed by atoms with E-state index in [1.165, 1.54) is 0 Å². The number of benzene rings is 1. The van der Waals surface area contributed by atoms with Crippen LogP contribution in [0.5, 0.6) is 11.5 Å². The first-order valence-electron chi connectivity index (χ1n) is 5.11. The summed E-state index contributed by atoms with van der Waals surface area (Å²) < 4.78 is 21.2. The molecule has 0 saturated carbocycles. The first-order chi connectivity index (χ1) is 7.75. The first-order valence-corrected chi connectivity index (χ1v) is 5.11. The molecule has 0 aliphatic carbocycles. The van der Waals surface area contributed by atoms with E-state index in [1.54, 1.807) is 21.3 Å². The van der Waals surface area contributed by atoms with Crippen molar-refractivity contribution in [3.05, 3.63) is 23.8 Å². The van der Waals surface area contributed by atoms with E-state index in [0.717, 1.165) is 11.3 Å². The molecule has 1 fully saturated rings. The van der Waals surface area contributed by atoms with Crippen molar-refractivity contribution in [3.8, 4) is 11.5 Å². The SMILES string of the molecule is COc1ccc(C2(OC)COC2)cc1OC. The predicted octanol–water partition coefficient (Wildman–Crippen LogP) is 1.58. The zero-order valence-corrected chi connectivity index (χ0v) is 9.78. The van der Waals surface area contributed by atoms with Gasteiger partial charge in [0.05, 0.1) is 27.4 Å². The van der Waals surface area contributed by atoms with Crippen molar-refractivity contribution in [1.29, 1.82) is 0 Å². The molecule has 0 bridgehead atoms. The molecule has 1 heterocycles. The van der Waals surface area contributed by atoms with Crippen molar-refractivity contribution in [1.82, 2.24) is 0 Å². The zero-order valence-electron chi connectivity index (χ0n) is 9.78. The Kier molecular flexibility index (Phi) is 3.03. The standard InChI is InChI=1S/C12H16O4/c1-13-10-5-4-9(6-11(10)14-2)12(15-3)7-16-8-12/h4-6H,7-8H2,1-3H3. The largest absolute Gasteiger partial charge is 0.493 e. The molecule has 1 aliphatic heterocycles. The maximum Gasteiger partial charge on any atom is 0.161 e. The van der Waals surface area contributed by atoms with E-state index in [0.29, 0.717) is 19.0 Å². The van der Waals surface area contributed by atoms with Crippen molar-refractivity contribution in [3.63, 3.8) is 0 Å². The average Bonchev–Trinajstić information content (AvgIpc) is 2.28. The normalized spacial score (nSPS) is 17.7. The number of ether oxygens (including phenoxy) is 4. The lowest BCUT2D eigenvalue weighted by atomic mass is 9.91. The second-order valence-electron chi connectivity index (χ2n) is 3.76. The minimum absolute atomic E-state index is 0.320. The molecule has 16 heavy (non-hydrogen) atoms. The van der Waals surface area contributed by atoms with E-state index >= 15 is 0 Å². The van der Waals surface area contributed by atoms with Crippen LogP contribution in [0.3, 0.4) is 0 Å². The van der Waals surface area contributed by atoms with Gasteiger partial charge in [0.1, 0.15) is 5.60 Å². The van der Waals surface area contributed by atoms with Gasteiger partial charge in [-0.2, -0.15) is 0 Å². The van der Waals surface area contributed by atoms with E-state index in [-0.39, 0.29) is 5.60 Å². The predicted molar refractivity (Wildman–Crippen MR) is 59.1 cm³/mol. The summed E-state index contributed by atoms with van der Waals surface area (Å²) in [5.74, 6) is 1.43. The van der Waals surface area contributed by atoms with Crippen molar-refractivity contribution in [2.45, 2.75) is 5.60 Å². The van der Waals surface area contributed by atoms with Gasteiger partial charge in [0.15, 0.2) is 11.5 Å². The van der Waals surface area contributed by atoms with Crippen LogP contribution < -0.4 is 9.47 Å². The molecule has 0 radical (unpaired) electrons. The summed E-state index contributed by atoms with van der Waals surface area (Å²) in [4.78, 5) is 0. The Balaban J connectivity index is 2.35. The van der Waals surface area contributed by atoms with Gasteiger partial charge in [-0.05, 0) is 17.7 Å². The Labute approximate surface area is 95.1 Å². The monoisotopic (exact) mass is 224 g/mol. The van der Waals surface area contributed by atoms with Crippen LogP contribution in [0, 0.1) is 0 Å². The Morgan fingerprint density at radius 3 is 2.19 bits per heavy atom. The number of rotatable bonds is 4. The molecule has 0 N–H and O–H groups in total. The maximum absolute atomic E-state index is 5.51. The topological polar surface area (TPSA) is 36.9 Å². The molecule has 0 spiro atoms. The molecule has 0 aromatic heterocycles. The maximum atomic E-state index is 5.51. The van der Waals surface area contributed by atoms with Gasteiger partial charge >= 0.3 is 0 Å². The second-order valence-corrected chi connectivity index (χ2v) is 3.76. The quantitative estimate of drug-likeness (QED) is 0.778. The molecular weight excluding hydrogens is 208 g/mol. The third kappa shape index (κ3) is 1.64. The van der Waals surface area contributed by atoms with Gasteiger partial charge in [-0.25, -0.2) is 0 Å². The van der Waals surface area contributed by atoms with Gasteiger partial charge in [0, 0.05) is 7.11 Å². The average molecular weight is 224 g/mol. The van der Waals surface area contributed by atoms with E-state index in [1.807, 2.05) is 18.2 Å². The molecule has 4 nitrogen and oxygen atoms in total. The molecular formula is C12H16O4. The lowest BCUT2D eigenvalue weighted by Gasteiger charge is -2.40. The Hall–Kier alpha value is -1.26. The Morgan fingerprint density at radius 2 is 1.75 bits per heavy atom. The van der Waals surface area contributed by atoms with E-state index in [4.69, 9.17) is 18.9 Å². The van der Waals surface area contributed by atoms with E-state index in [2.05, 4.69) is 0 Å². The molecule has 1 saturated heterocycles. The third-order valence-electron chi connectivity index (χ3n) is 2.97. The summed E-state index contributed by atoms with van der Waals surface area (Å²) >= 11 is 0. The second kappa shape index (κ2) is 4.31. The van der Waals surface area contributed by atoms with E-state index < -0.39 is 0 Å². The molecule has 2 rings (SSSR count). The van der Waals surface area contributed by atoms with Crippen LogP contribution in [0.4, 0.5) is 0 Å². The van der Waals surface area contributed by atoms with Crippen molar-refractivity contribution >= 4 is 0 Å². The highest BCUT2D eigenvalue weighted by Crippen LogP contribution is 2.37. The number of methoxy groups -OCH3 is 3. The lowest BCUT2D eigenvalue weighted by molar-refractivity contribution is -0.202. The fourth-order valence-corrected chi connectivity index (χ4v) is 1.81. The summed E-state index contributed by atoms with van der Waals surface area (Å²) in [5.41, 5.74) is 0.735. The zero-order chi connectivity index (χ0) is 11.6. The van der Waals surface area contributed by atoms with Crippen LogP contribution in [-0.2, 0) is 15.1 Å². The van der Waals surface area contributed by atoms with Crippen LogP contribution in [-0.4, -0.2) is 34.5 Å². The van der Waals surface area contributed by atoms with Crippen LogP contribution in [0.1, 0.15) is 5.56 Å². The van der Waals surface area contributed by atoms with Crippen LogP contribution >= 0.6 is 0 Å². The first kappa shape index (κ1) is 11.2. The summed E-state index contributed by atoms with van der Waals surface area (Å²) in [5, 5.41) is 0. The number of hydrogen-bond acceptors (Lipinski definition) is 4.